The van der Waals surface area contributed by atoms with E-state index in [9.17, 15) is 26.7 Å². The van der Waals surface area contributed by atoms with E-state index in [1.54, 1.807) is 0 Å². The molecule has 0 amide bonds. The fourth-order valence-corrected chi connectivity index (χ4v) is 7.13. The third kappa shape index (κ3) is 7.81. The van der Waals surface area contributed by atoms with Gasteiger partial charge in [0.05, 0.1) is 5.92 Å². The second-order valence-electron chi connectivity index (χ2n) is 11.9. The summed E-state index contributed by atoms with van der Waals surface area (Å²) < 4.78 is 71.9. The number of halogens is 5. The maximum Gasteiger partial charge on any atom is 0.409 e. The lowest BCUT2D eigenvalue weighted by molar-refractivity contribution is -0.157. The zero-order valence-electron chi connectivity index (χ0n) is 22.4. The van der Waals surface area contributed by atoms with Gasteiger partial charge >= 0.3 is 12.1 Å². The van der Waals surface area contributed by atoms with E-state index in [4.69, 9.17) is 4.74 Å². The van der Waals surface area contributed by atoms with Crippen molar-refractivity contribution in [2.24, 2.45) is 23.7 Å². The molecule has 4 rings (SSSR count). The number of hydrogen-bond donors (Lipinski definition) is 0. The molecule has 3 aliphatic carbocycles. The van der Waals surface area contributed by atoms with Crippen LogP contribution in [0.1, 0.15) is 114 Å². The van der Waals surface area contributed by atoms with Gasteiger partial charge in [0.2, 0.25) is 0 Å². The van der Waals surface area contributed by atoms with Gasteiger partial charge in [-0.1, -0.05) is 19.8 Å². The van der Waals surface area contributed by atoms with Gasteiger partial charge < -0.3 is 4.74 Å². The number of carbonyl (C=O) groups excluding carboxylic acids is 1. The van der Waals surface area contributed by atoms with Crippen LogP contribution in [0, 0.1) is 35.3 Å². The smallest absolute Gasteiger partial charge is 0.409 e. The van der Waals surface area contributed by atoms with Gasteiger partial charge in [-0.2, -0.15) is 13.2 Å². The zero-order chi connectivity index (χ0) is 27.3. The Morgan fingerprint density at radius 1 is 0.868 bits per heavy atom. The summed E-state index contributed by atoms with van der Waals surface area (Å²) >= 11 is 0. The van der Waals surface area contributed by atoms with Gasteiger partial charge in [-0.3, -0.25) is 4.79 Å². The third-order valence-electron chi connectivity index (χ3n) is 9.33. The Bertz CT molecular complexity index is 925. The number of esters is 1. The molecule has 0 radical (unpaired) electrons. The van der Waals surface area contributed by atoms with E-state index in [0.29, 0.717) is 23.5 Å². The first-order valence-electron chi connectivity index (χ1n) is 14.6. The van der Waals surface area contributed by atoms with E-state index in [0.717, 1.165) is 83.0 Å². The van der Waals surface area contributed by atoms with E-state index >= 15 is 0 Å². The first-order chi connectivity index (χ1) is 18.1. The van der Waals surface area contributed by atoms with Crippen LogP contribution in [0.25, 0.3) is 6.08 Å². The molecule has 1 aromatic carbocycles. The van der Waals surface area contributed by atoms with E-state index in [1.165, 1.54) is 25.0 Å². The Kier molecular flexibility index (Phi) is 9.91. The van der Waals surface area contributed by atoms with Crippen LogP contribution in [-0.4, -0.2) is 18.2 Å². The van der Waals surface area contributed by atoms with Gasteiger partial charge in [0.1, 0.15) is 17.7 Å². The summed E-state index contributed by atoms with van der Waals surface area (Å²) in [4.78, 5) is 12.7. The monoisotopic (exact) mass is 540 g/mol. The van der Waals surface area contributed by atoms with Gasteiger partial charge in [0.15, 0.2) is 0 Å². The summed E-state index contributed by atoms with van der Waals surface area (Å²) in [5.74, 6) is 0.0879. The maximum absolute atomic E-state index is 14.4. The summed E-state index contributed by atoms with van der Waals surface area (Å²) in [6.45, 7) is 2.22. The molecule has 0 N–H and O–H groups in total. The molecule has 2 nitrogen and oxygen atoms in total. The number of rotatable bonds is 7. The van der Waals surface area contributed by atoms with E-state index in [1.807, 2.05) is 0 Å². The second kappa shape index (κ2) is 13.0. The highest BCUT2D eigenvalue weighted by atomic mass is 19.4. The van der Waals surface area contributed by atoms with Crippen LogP contribution in [0.5, 0.6) is 0 Å². The molecule has 0 atom stereocenters. The van der Waals surface area contributed by atoms with Gasteiger partial charge in [-0.15, -0.1) is 0 Å². The predicted octanol–water partition coefficient (Wildman–Crippen LogP) is 9.52. The van der Waals surface area contributed by atoms with Crippen LogP contribution < -0.4 is 0 Å². The molecule has 0 bridgehead atoms. The molecule has 0 unspecified atom stereocenters. The third-order valence-corrected chi connectivity index (χ3v) is 9.33. The average molecular weight is 541 g/mol. The fourth-order valence-electron chi connectivity index (χ4n) is 7.13. The molecule has 3 aliphatic rings. The summed E-state index contributed by atoms with van der Waals surface area (Å²) in [6.07, 6.45) is 9.86. The summed E-state index contributed by atoms with van der Waals surface area (Å²) in [5.41, 5.74) is -0.122. The van der Waals surface area contributed by atoms with Gasteiger partial charge in [0.25, 0.3) is 0 Å². The molecule has 3 fully saturated rings. The molecule has 0 aromatic heterocycles. The zero-order valence-corrected chi connectivity index (χ0v) is 22.4. The summed E-state index contributed by atoms with van der Waals surface area (Å²) in [5, 5.41) is 0. The van der Waals surface area contributed by atoms with Crippen LogP contribution in [0.2, 0.25) is 0 Å². The molecule has 7 heteroatoms. The van der Waals surface area contributed by atoms with Crippen molar-refractivity contribution in [3.63, 3.8) is 0 Å². The van der Waals surface area contributed by atoms with E-state index in [-0.39, 0.29) is 30.0 Å². The van der Waals surface area contributed by atoms with Crippen LogP contribution in [-0.2, 0) is 9.53 Å². The van der Waals surface area contributed by atoms with Crippen molar-refractivity contribution in [2.45, 2.75) is 115 Å². The number of benzene rings is 1. The van der Waals surface area contributed by atoms with Gasteiger partial charge in [0, 0.05) is 11.6 Å². The van der Waals surface area contributed by atoms with Gasteiger partial charge in [-0.25, -0.2) is 8.78 Å². The Morgan fingerprint density at radius 3 is 1.95 bits per heavy atom. The highest BCUT2D eigenvalue weighted by Gasteiger charge is 2.34. The molecular weight excluding hydrogens is 499 g/mol. The molecule has 38 heavy (non-hydrogen) atoms. The molecule has 3 saturated carbocycles. The first kappa shape index (κ1) is 29.1. The minimum atomic E-state index is -4.62. The summed E-state index contributed by atoms with van der Waals surface area (Å²) in [6, 6.07) is 2.39. The molecule has 212 valence electrons. The number of alkyl halides is 3. The van der Waals surface area contributed by atoms with Crippen LogP contribution >= 0.6 is 0 Å². The Morgan fingerprint density at radius 2 is 1.42 bits per heavy atom. The molecule has 0 saturated heterocycles. The molecule has 0 aliphatic heterocycles. The largest absolute Gasteiger partial charge is 0.462 e. The standard InChI is InChI=1S/C31H41F5O2/c1-2-3-20-4-6-24(7-5-20)30(37)38-26-14-12-22(13-15-26)21-8-10-23(11-9-21)25-18-28(32)27(29(33)19-25)16-17-31(34,35)36/h16-24,26H,2-15H2,1H3. The minimum Gasteiger partial charge on any atom is -0.462 e. The predicted molar refractivity (Wildman–Crippen MR) is 138 cm³/mol. The highest BCUT2D eigenvalue weighted by Crippen LogP contribution is 2.44. The lowest BCUT2D eigenvalue weighted by Gasteiger charge is -2.38. The molecule has 1 aromatic rings. The SMILES string of the molecule is CCCC1CCC(C(=O)OC2CCC(C3CCC(c4cc(F)c(C=CC(F)(F)F)c(F)c4)CC3)CC2)CC1. The van der Waals surface area contributed by atoms with Crippen molar-refractivity contribution in [1.82, 2.24) is 0 Å². The second-order valence-corrected chi connectivity index (χ2v) is 11.9. The molecular formula is C31H41F5O2. The highest BCUT2D eigenvalue weighted by molar-refractivity contribution is 5.72. The van der Waals surface area contributed by atoms with Gasteiger partial charge in [-0.05, 0) is 124 Å². The topological polar surface area (TPSA) is 26.3 Å². The lowest BCUT2D eigenvalue weighted by Crippen LogP contribution is -2.32. The van der Waals surface area contributed by atoms with Crippen molar-refractivity contribution < 1.29 is 31.5 Å². The summed E-state index contributed by atoms with van der Waals surface area (Å²) in [7, 11) is 0. The fraction of sp³-hybridized carbons (Fsp3) is 0.710. The molecule has 0 heterocycles. The van der Waals surface area contributed by atoms with E-state index < -0.39 is 23.4 Å². The van der Waals surface area contributed by atoms with E-state index in [2.05, 4.69) is 6.92 Å². The maximum atomic E-state index is 14.4. The normalized spacial score (nSPS) is 30.9. The van der Waals surface area contributed by atoms with Crippen LogP contribution in [0.3, 0.4) is 0 Å². The molecule has 0 spiro atoms. The van der Waals surface area contributed by atoms with Crippen molar-refractivity contribution in [1.29, 1.82) is 0 Å². The van der Waals surface area contributed by atoms with Crippen molar-refractivity contribution in [2.75, 3.05) is 0 Å². The quantitative estimate of drug-likeness (QED) is 0.254. The number of ether oxygens (including phenoxy) is 1. The minimum absolute atomic E-state index is 0.00304. The van der Waals surface area contributed by atoms with Crippen LogP contribution in [0.4, 0.5) is 22.0 Å². The number of carbonyl (C=O) groups is 1. The van der Waals surface area contributed by atoms with Crippen molar-refractivity contribution >= 4 is 12.0 Å². The number of hydrogen-bond acceptors (Lipinski definition) is 2. The number of allylic oxidation sites excluding steroid dienone is 1. The first-order valence-corrected chi connectivity index (χ1v) is 14.6. The Hall–Kier alpha value is -1.92. The van der Waals surface area contributed by atoms with Crippen molar-refractivity contribution in [3.05, 3.63) is 41.0 Å². The Labute approximate surface area is 223 Å². The van der Waals surface area contributed by atoms with Crippen molar-refractivity contribution in [3.8, 4) is 0 Å². The van der Waals surface area contributed by atoms with Crippen LogP contribution in [0.15, 0.2) is 18.2 Å². The Balaban J connectivity index is 1.21. The average Bonchev–Trinajstić information content (AvgIpc) is 2.88. The lowest BCUT2D eigenvalue weighted by atomic mass is 9.69.